The maximum Gasteiger partial charge on any atom is 0.251 e. The molecule has 6 heteroatoms. The van der Waals surface area contributed by atoms with Crippen molar-refractivity contribution in [1.82, 2.24) is 5.32 Å². The molecular weight excluding hydrogens is 323 g/mol. The molecule has 0 aliphatic heterocycles. The van der Waals surface area contributed by atoms with Crippen LogP contribution < -0.4 is 10.2 Å². The summed E-state index contributed by atoms with van der Waals surface area (Å²) in [4.78, 5) is 36.9. The third-order valence-corrected chi connectivity index (χ3v) is 3.67. The van der Waals surface area contributed by atoms with Crippen LogP contribution in [0.4, 0.5) is 10.1 Å². The number of Topliss-reactive ketones (excluding diaryl/α,β-unsaturated/α-hetero) is 1. The lowest BCUT2D eigenvalue weighted by Gasteiger charge is -2.22. The summed E-state index contributed by atoms with van der Waals surface area (Å²) in [6, 6.07) is 12.0. The van der Waals surface area contributed by atoms with E-state index in [1.807, 2.05) is 0 Å². The second-order valence-corrected chi connectivity index (χ2v) is 5.54. The van der Waals surface area contributed by atoms with Crippen LogP contribution >= 0.6 is 0 Å². The van der Waals surface area contributed by atoms with Gasteiger partial charge in [0.15, 0.2) is 5.78 Å². The average Bonchev–Trinajstić information content (AvgIpc) is 2.59. The highest BCUT2D eigenvalue weighted by atomic mass is 19.1. The molecule has 0 spiro atoms. The standard InChI is InChI=1S/C19H19FN2O3/c1-13(23)16-4-3-5-18(12-16)22(14(2)24)11-10-21-19(25)15-6-8-17(20)9-7-15/h3-9,12H,10-11H2,1-2H3,(H,21,25). The van der Waals surface area contributed by atoms with Crippen LogP contribution in [-0.4, -0.2) is 30.7 Å². The van der Waals surface area contributed by atoms with E-state index >= 15 is 0 Å². The molecule has 0 bridgehead atoms. The van der Waals surface area contributed by atoms with E-state index in [1.54, 1.807) is 24.3 Å². The molecule has 0 saturated heterocycles. The summed E-state index contributed by atoms with van der Waals surface area (Å²) >= 11 is 0. The van der Waals surface area contributed by atoms with Crippen molar-refractivity contribution in [2.75, 3.05) is 18.0 Å². The molecule has 0 atom stereocenters. The Morgan fingerprint density at radius 1 is 1.00 bits per heavy atom. The first kappa shape index (κ1) is 18.3. The summed E-state index contributed by atoms with van der Waals surface area (Å²) in [5.74, 6) is -1.04. The number of halogens is 1. The summed E-state index contributed by atoms with van der Waals surface area (Å²) in [5.41, 5.74) is 1.45. The third kappa shape index (κ3) is 4.97. The fourth-order valence-electron chi connectivity index (χ4n) is 2.35. The molecule has 0 saturated carbocycles. The Labute approximate surface area is 145 Å². The lowest BCUT2D eigenvalue weighted by molar-refractivity contribution is -0.116. The van der Waals surface area contributed by atoms with Crippen molar-refractivity contribution in [3.8, 4) is 0 Å². The van der Waals surface area contributed by atoms with E-state index in [-0.39, 0.29) is 30.7 Å². The number of nitrogens with zero attached hydrogens (tertiary/aromatic N) is 1. The maximum atomic E-state index is 12.9. The van der Waals surface area contributed by atoms with Crippen LogP contribution in [0.2, 0.25) is 0 Å². The summed E-state index contributed by atoms with van der Waals surface area (Å²) in [6.45, 7) is 3.35. The molecule has 0 aromatic heterocycles. The van der Waals surface area contributed by atoms with Gasteiger partial charge in [-0.15, -0.1) is 0 Å². The average molecular weight is 342 g/mol. The highest BCUT2D eigenvalue weighted by molar-refractivity contribution is 5.97. The minimum atomic E-state index is -0.412. The number of ketones is 1. The number of hydrogen-bond acceptors (Lipinski definition) is 3. The van der Waals surface area contributed by atoms with Gasteiger partial charge in [0.25, 0.3) is 5.91 Å². The van der Waals surface area contributed by atoms with Crippen molar-refractivity contribution in [1.29, 1.82) is 0 Å². The monoisotopic (exact) mass is 342 g/mol. The fourth-order valence-corrected chi connectivity index (χ4v) is 2.35. The molecule has 0 heterocycles. The Morgan fingerprint density at radius 2 is 1.68 bits per heavy atom. The van der Waals surface area contributed by atoms with Crippen LogP contribution in [0.25, 0.3) is 0 Å². The lowest BCUT2D eigenvalue weighted by Crippen LogP contribution is -2.37. The molecule has 2 amide bonds. The molecule has 1 N–H and O–H groups in total. The molecule has 0 unspecified atom stereocenters. The van der Waals surface area contributed by atoms with Crippen molar-refractivity contribution in [2.24, 2.45) is 0 Å². The molecule has 5 nitrogen and oxygen atoms in total. The predicted octanol–water partition coefficient (Wildman–Crippen LogP) is 2.81. The Hall–Kier alpha value is -3.02. The Kier molecular flexibility index (Phi) is 6.00. The minimum absolute atomic E-state index is 0.0880. The van der Waals surface area contributed by atoms with Gasteiger partial charge in [0, 0.05) is 36.8 Å². The number of benzene rings is 2. The van der Waals surface area contributed by atoms with Crippen LogP contribution in [-0.2, 0) is 4.79 Å². The van der Waals surface area contributed by atoms with Gasteiger partial charge in [0.05, 0.1) is 0 Å². The summed E-state index contributed by atoms with van der Waals surface area (Å²) in [6.07, 6.45) is 0. The molecule has 0 radical (unpaired) electrons. The van der Waals surface area contributed by atoms with E-state index in [1.165, 1.54) is 43.0 Å². The van der Waals surface area contributed by atoms with E-state index < -0.39 is 5.82 Å². The zero-order chi connectivity index (χ0) is 18.4. The first-order valence-electron chi connectivity index (χ1n) is 7.81. The van der Waals surface area contributed by atoms with E-state index in [9.17, 15) is 18.8 Å². The quantitative estimate of drug-likeness (QED) is 0.821. The highest BCUT2D eigenvalue weighted by Crippen LogP contribution is 2.16. The molecule has 2 aromatic rings. The second-order valence-electron chi connectivity index (χ2n) is 5.54. The number of carbonyl (C=O) groups is 3. The largest absolute Gasteiger partial charge is 0.350 e. The number of nitrogens with one attached hydrogen (secondary N) is 1. The van der Waals surface area contributed by atoms with E-state index in [0.717, 1.165) is 0 Å². The van der Waals surface area contributed by atoms with Gasteiger partial charge in [0.1, 0.15) is 5.82 Å². The summed E-state index contributed by atoms with van der Waals surface area (Å²) < 4.78 is 12.9. The summed E-state index contributed by atoms with van der Waals surface area (Å²) in [7, 11) is 0. The van der Waals surface area contributed by atoms with E-state index in [4.69, 9.17) is 0 Å². The minimum Gasteiger partial charge on any atom is -0.350 e. The molecule has 130 valence electrons. The smallest absolute Gasteiger partial charge is 0.251 e. The number of hydrogen-bond donors (Lipinski definition) is 1. The van der Waals surface area contributed by atoms with Gasteiger partial charge in [-0.3, -0.25) is 14.4 Å². The van der Waals surface area contributed by atoms with Gasteiger partial charge in [-0.05, 0) is 43.3 Å². The number of amides is 2. The van der Waals surface area contributed by atoms with Gasteiger partial charge in [-0.2, -0.15) is 0 Å². The Morgan fingerprint density at radius 3 is 2.28 bits per heavy atom. The number of anilines is 1. The number of carbonyl (C=O) groups excluding carboxylic acids is 3. The molecule has 0 aliphatic carbocycles. The van der Waals surface area contributed by atoms with Gasteiger partial charge in [-0.1, -0.05) is 12.1 Å². The van der Waals surface area contributed by atoms with Crippen molar-refractivity contribution in [3.05, 3.63) is 65.5 Å². The normalized spacial score (nSPS) is 10.2. The van der Waals surface area contributed by atoms with Crippen LogP contribution in [0.5, 0.6) is 0 Å². The first-order chi connectivity index (χ1) is 11.9. The zero-order valence-corrected chi connectivity index (χ0v) is 14.1. The Balaban J connectivity index is 2.01. The molecule has 2 aromatic carbocycles. The van der Waals surface area contributed by atoms with Crippen LogP contribution in [0.1, 0.15) is 34.6 Å². The van der Waals surface area contributed by atoms with Gasteiger partial charge < -0.3 is 10.2 Å². The second kappa shape index (κ2) is 8.19. The maximum absolute atomic E-state index is 12.9. The van der Waals surface area contributed by atoms with Crippen molar-refractivity contribution >= 4 is 23.3 Å². The molecular formula is C19H19FN2O3. The molecule has 25 heavy (non-hydrogen) atoms. The molecule has 2 rings (SSSR count). The summed E-state index contributed by atoms with van der Waals surface area (Å²) in [5, 5.41) is 2.69. The topological polar surface area (TPSA) is 66.5 Å². The van der Waals surface area contributed by atoms with Gasteiger partial charge in [-0.25, -0.2) is 4.39 Å². The first-order valence-corrected chi connectivity index (χ1v) is 7.81. The van der Waals surface area contributed by atoms with Gasteiger partial charge in [0.2, 0.25) is 5.91 Å². The van der Waals surface area contributed by atoms with Crippen LogP contribution in [0.15, 0.2) is 48.5 Å². The van der Waals surface area contributed by atoms with Crippen molar-refractivity contribution < 1.29 is 18.8 Å². The Bertz CT molecular complexity index is 788. The van der Waals surface area contributed by atoms with E-state index in [0.29, 0.717) is 16.8 Å². The van der Waals surface area contributed by atoms with Crippen molar-refractivity contribution in [2.45, 2.75) is 13.8 Å². The number of rotatable bonds is 6. The third-order valence-electron chi connectivity index (χ3n) is 3.67. The molecule has 0 aliphatic rings. The van der Waals surface area contributed by atoms with Crippen LogP contribution in [0.3, 0.4) is 0 Å². The zero-order valence-electron chi connectivity index (χ0n) is 14.1. The van der Waals surface area contributed by atoms with Gasteiger partial charge >= 0.3 is 0 Å². The SMILES string of the molecule is CC(=O)c1cccc(N(CCNC(=O)c2ccc(F)cc2)C(C)=O)c1. The predicted molar refractivity (Wildman–Crippen MR) is 93.2 cm³/mol. The lowest BCUT2D eigenvalue weighted by atomic mass is 10.1. The van der Waals surface area contributed by atoms with E-state index in [2.05, 4.69) is 5.32 Å². The van der Waals surface area contributed by atoms with Crippen molar-refractivity contribution in [3.63, 3.8) is 0 Å². The highest BCUT2D eigenvalue weighted by Gasteiger charge is 2.13. The van der Waals surface area contributed by atoms with Crippen LogP contribution in [0, 0.1) is 5.82 Å². The molecule has 0 fully saturated rings. The fraction of sp³-hybridized carbons (Fsp3) is 0.211.